The second-order valence-electron chi connectivity index (χ2n) is 4.99. The quantitative estimate of drug-likeness (QED) is 0.749. The maximum absolute atomic E-state index is 12.5. The van der Waals surface area contributed by atoms with Crippen LogP contribution in [-0.4, -0.2) is 15.9 Å². The first-order valence-electron chi connectivity index (χ1n) is 6.57. The van der Waals surface area contributed by atoms with Gasteiger partial charge < -0.3 is 10.3 Å². The summed E-state index contributed by atoms with van der Waals surface area (Å²) in [5.41, 5.74) is 3.73. The molecule has 0 fully saturated rings. The summed E-state index contributed by atoms with van der Waals surface area (Å²) in [6, 6.07) is 11.0. The molecule has 0 radical (unpaired) electrons. The molecule has 0 unspecified atom stereocenters. The molecule has 1 aromatic heterocycles. The molecule has 3 aromatic rings. The maximum atomic E-state index is 12.5. The third-order valence-corrected chi connectivity index (χ3v) is 3.44. The van der Waals surface area contributed by atoms with Gasteiger partial charge in [0.15, 0.2) is 0 Å². The number of anilines is 1. The highest BCUT2D eigenvalue weighted by Crippen LogP contribution is 2.23. The number of carbonyl (C=O) groups is 1. The molecule has 0 saturated heterocycles. The zero-order valence-corrected chi connectivity index (χ0v) is 12.5. The Morgan fingerprint density at radius 2 is 1.90 bits per heavy atom. The average molecular weight is 300 g/mol. The van der Waals surface area contributed by atoms with Crippen molar-refractivity contribution >= 4 is 34.2 Å². The van der Waals surface area contributed by atoms with Crippen molar-refractivity contribution < 1.29 is 4.79 Å². The number of imidazole rings is 1. The molecule has 0 bridgehead atoms. The van der Waals surface area contributed by atoms with Gasteiger partial charge in [-0.05, 0) is 38.1 Å². The van der Waals surface area contributed by atoms with Crippen LogP contribution in [0.25, 0.3) is 11.0 Å². The molecule has 3 rings (SSSR count). The fourth-order valence-electron chi connectivity index (χ4n) is 2.21. The summed E-state index contributed by atoms with van der Waals surface area (Å²) in [6.07, 6.45) is 0. The van der Waals surface area contributed by atoms with Gasteiger partial charge in [-0.3, -0.25) is 4.79 Å². The summed E-state index contributed by atoms with van der Waals surface area (Å²) in [5, 5.41) is 3.36. The molecule has 0 aliphatic carbocycles. The van der Waals surface area contributed by atoms with Gasteiger partial charge in [0.05, 0.1) is 11.1 Å². The van der Waals surface area contributed by atoms with E-state index in [0.717, 1.165) is 22.6 Å². The van der Waals surface area contributed by atoms with E-state index in [1.165, 1.54) is 0 Å². The van der Waals surface area contributed by atoms with Crippen LogP contribution in [0.2, 0.25) is 5.02 Å². The van der Waals surface area contributed by atoms with Crippen LogP contribution in [0.3, 0.4) is 0 Å². The van der Waals surface area contributed by atoms with E-state index in [1.54, 1.807) is 12.1 Å². The molecule has 2 N–H and O–H groups in total. The molecule has 4 nitrogen and oxygen atoms in total. The fraction of sp³-hybridized carbons (Fsp3) is 0.125. The number of aromatic nitrogens is 2. The van der Waals surface area contributed by atoms with Crippen LogP contribution in [0.5, 0.6) is 0 Å². The standard InChI is InChI=1S/C16H14ClN3O/c1-9-3-5-12(6-4-9)20-16(21)13-7-11(17)8-14-15(13)19-10(2)18-14/h3-8H,1-2H3,(H,18,19)(H,20,21). The first-order valence-corrected chi connectivity index (χ1v) is 6.94. The highest BCUT2D eigenvalue weighted by molar-refractivity contribution is 6.32. The van der Waals surface area contributed by atoms with E-state index >= 15 is 0 Å². The molecular formula is C16H14ClN3O. The number of benzene rings is 2. The van der Waals surface area contributed by atoms with E-state index in [9.17, 15) is 4.79 Å². The largest absolute Gasteiger partial charge is 0.342 e. The Morgan fingerprint density at radius 1 is 1.19 bits per heavy atom. The van der Waals surface area contributed by atoms with E-state index in [4.69, 9.17) is 11.6 Å². The van der Waals surface area contributed by atoms with Gasteiger partial charge in [-0.15, -0.1) is 0 Å². The topological polar surface area (TPSA) is 57.8 Å². The number of nitrogens with one attached hydrogen (secondary N) is 2. The van der Waals surface area contributed by atoms with Gasteiger partial charge in [0.2, 0.25) is 0 Å². The van der Waals surface area contributed by atoms with Crippen molar-refractivity contribution in [2.75, 3.05) is 5.32 Å². The maximum Gasteiger partial charge on any atom is 0.257 e. The van der Waals surface area contributed by atoms with Crippen LogP contribution in [-0.2, 0) is 0 Å². The van der Waals surface area contributed by atoms with E-state index in [2.05, 4.69) is 15.3 Å². The van der Waals surface area contributed by atoms with Gasteiger partial charge in [-0.2, -0.15) is 0 Å². The molecular weight excluding hydrogens is 286 g/mol. The van der Waals surface area contributed by atoms with Gasteiger partial charge in [-0.25, -0.2) is 4.98 Å². The number of amides is 1. The van der Waals surface area contributed by atoms with Crippen molar-refractivity contribution in [2.45, 2.75) is 13.8 Å². The molecule has 0 aliphatic heterocycles. The first kappa shape index (κ1) is 13.6. The minimum Gasteiger partial charge on any atom is -0.342 e. The third-order valence-electron chi connectivity index (χ3n) is 3.22. The van der Waals surface area contributed by atoms with Gasteiger partial charge in [-0.1, -0.05) is 29.3 Å². The fourth-order valence-corrected chi connectivity index (χ4v) is 2.43. The SMILES string of the molecule is Cc1ccc(NC(=O)c2cc(Cl)cc3[nH]c(C)nc23)cc1. The summed E-state index contributed by atoms with van der Waals surface area (Å²) in [7, 11) is 0. The molecule has 0 atom stereocenters. The Bertz CT molecular complexity index is 821. The second-order valence-corrected chi connectivity index (χ2v) is 5.43. The molecule has 5 heteroatoms. The van der Waals surface area contributed by atoms with Crippen LogP contribution in [0.4, 0.5) is 5.69 Å². The number of rotatable bonds is 2. The molecule has 0 saturated carbocycles. The van der Waals surface area contributed by atoms with Gasteiger partial charge in [0.25, 0.3) is 5.91 Å². The predicted octanol–water partition coefficient (Wildman–Crippen LogP) is 4.09. The molecule has 21 heavy (non-hydrogen) atoms. The Hall–Kier alpha value is -2.33. The number of hydrogen-bond donors (Lipinski definition) is 2. The smallest absolute Gasteiger partial charge is 0.257 e. The monoisotopic (exact) mass is 299 g/mol. The van der Waals surface area contributed by atoms with Crippen molar-refractivity contribution in [2.24, 2.45) is 0 Å². The minimum absolute atomic E-state index is 0.224. The number of nitrogens with zero attached hydrogens (tertiary/aromatic N) is 1. The number of H-pyrrole nitrogens is 1. The lowest BCUT2D eigenvalue weighted by molar-refractivity contribution is 0.102. The minimum atomic E-state index is -0.224. The lowest BCUT2D eigenvalue weighted by Gasteiger charge is -2.06. The van der Waals surface area contributed by atoms with Crippen LogP contribution < -0.4 is 5.32 Å². The highest BCUT2D eigenvalue weighted by atomic mass is 35.5. The van der Waals surface area contributed by atoms with Crippen molar-refractivity contribution in [3.63, 3.8) is 0 Å². The normalized spacial score (nSPS) is 10.8. The summed E-state index contributed by atoms with van der Waals surface area (Å²) in [6.45, 7) is 3.84. The van der Waals surface area contributed by atoms with E-state index in [1.807, 2.05) is 38.1 Å². The Kier molecular flexibility index (Phi) is 3.39. The van der Waals surface area contributed by atoms with Gasteiger partial charge in [0.1, 0.15) is 11.3 Å². The first-order chi connectivity index (χ1) is 10.0. The summed E-state index contributed by atoms with van der Waals surface area (Å²) >= 11 is 6.07. The van der Waals surface area contributed by atoms with E-state index in [0.29, 0.717) is 16.1 Å². The lowest BCUT2D eigenvalue weighted by Crippen LogP contribution is -2.12. The van der Waals surface area contributed by atoms with Gasteiger partial charge >= 0.3 is 0 Å². The van der Waals surface area contributed by atoms with Crippen molar-refractivity contribution in [3.8, 4) is 0 Å². The molecule has 1 amide bonds. The third kappa shape index (κ3) is 2.76. The number of carbonyl (C=O) groups excluding carboxylic acids is 1. The summed E-state index contributed by atoms with van der Waals surface area (Å²) < 4.78 is 0. The predicted molar refractivity (Wildman–Crippen MR) is 85.0 cm³/mol. The van der Waals surface area contributed by atoms with Crippen LogP contribution in [0.15, 0.2) is 36.4 Å². The Labute approximate surface area is 127 Å². The second kappa shape index (κ2) is 5.22. The molecule has 0 aliphatic rings. The van der Waals surface area contributed by atoms with E-state index < -0.39 is 0 Å². The highest BCUT2D eigenvalue weighted by Gasteiger charge is 2.14. The van der Waals surface area contributed by atoms with Crippen LogP contribution in [0.1, 0.15) is 21.7 Å². The number of aryl methyl sites for hydroxylation is 2. The van der Waals surface area contributed by atoms with Gasteiger partial charge in [0, 0.05) is 10.7 Å². The number of hydrogen-bond acceptors (Lipinski definition) is 2. The average Bonchev–Trinajstić information content (AvgIpc) is 2.80. The van der Waals surface area contributed by atoms with Crippen LogP contribution >= 0.6 is 11.6 Å². The number of halogens is 1. The van der Waals surface area contributed by atoms with Crippen molar-refractivity contribution in [3.05, 3.63) is 58.4 Å². The van der Waals surface area contributed by atoms with Crippen molar-refractivity contribution in [1.82, 2.24) is 9.97 Å². The number of fused-ring (bicyclic) bond motifs is 1. The zero-order chi connectivity index (χ0) is 15.0. The van der Waals surface area contributed by atoms with E-state index in [-0.39, 0.29) is 5.91 Å². The Morgan fingerprint density at radius 3 is 2.62 bits per heavy atom. The Balaban J connectivity index is 1.99. The molecule has 1 heterocycles. The zero-order valence-electron chi connectivity index (χ0n) is 11.7. The summed E-state index contributed by atoms with van der Waals surface area (Å²) in [5.74, 6) is 0.523. The summed E-state index contributed by atoms with van der Waals surface area (Å²) in [4.78, 5) is 19.9. The number of aromatic amines is 1. The van der Waals surface area contributed by atoms with Crippen molar-refractivity contribution in [1.29, 1.82) is 0 Å². The lowest BCUT2D eigenvalue weighted by atomic mass is 10.1. The molecule has 2 aromatic carbocycles. The van der Waals surface area contributed by atoms with Crippen LogP contribution in [0, 0.1) is 13.8 Å². The molecule has 0 spiro atoms. The molecule has 106 valence electrons.